The van der Waals surface area contributed by atoms with Gasteiger partial charge in [-0.15, -0.1) is 0 Å². The highest BCUT2D eigenvalue weighted by molar-refractivity contribution is 5.75. The Hall–Kier alpha value is -1.49. The maximum atomic E-state index is 13.3. The number of benzene rings is 1. The van der Waals surface area contributed by atoms with Gasteiger partial charge in [-0.3, -0.25) is 4.79 Å². The summed E-state index contributed by atoms with van der Waals surface area (Å²) in [5.41, 5.74) is 0.303. The van der Waals surface area contributed by atoms with Gasteiger partial charge in [-0.1, -0.05) is 6.07 Å². The fourth-order valence-corrected chi connectivity index (χ4v) is 2.24. The first-order valence-electron chi connectivity index (χ1n) is 6.56. The van der Waals surface area contributed by atoms with Crippen LogP contribution < -0.4 is 10.6 Å². The predicted octanol–water partition coefficient (Wildman–Crippen LogP) is 1.97. The van der Waals surface area contributed by atoms with Crippen LogP contribution in [0.4, 0.5) is 8.78 Å². The van der Waals surface area contributed by atoms with E-state index in [4.69, 9.17) is 0 Å². The van der Waals surface area contributed by atoms with E-state index in [1.807, 2.05) is 0 Å². The molecule has 0 bridgehead atoms. The SMILES string of the molecule is O=C(CCC1CCNC1)NCc1ccc(F)cc1F. The first-order chi connectivity index (χ1) is 9.15. The van der Waals surface area contributed by atoms with Crippen LogP contribution in [0.25, 0.3) is 0 Å². The molecule has 1 aromatic carbocycles. The lowest BCUT2D eigenvalue weighted by Gasteiger charge is -2.09. The summed E-state index contributed by atoms with van der Waals surface area (Å²) in [6.45, 7) is 2.10. The van der Waals surface area contributed by atoms with Gasteiger partial charge in [0, 0.05) is 24.6 Å². The van der Waals surface area contributed by atoms with Gasteiger partial charge in [0.2, 0.25) is 5.91 Å². The topological polar surface area (TPSA) is 41.1 Å². The number of halogens is 2. The van der Waals surface area contributed by atoms with Crippen molar-refractivity contribution in [3.63, 3.8) is 0 Å². The van der Waals surface area contributed by atoms with Crippen LogP contribution in [0.1, 0.15) is 24.8 Å². The van der Waals surface area contributed by atoms with Gasteiger partial charge in [0.15, 0.2) is 0 Å². The first-order valence-corrected chi connectivity index (χ1v) is 6.56. The summed E-state index contributed by atoms with van der Waals surface area (Å²) in [5.74, 6) is -0.759. The highest BCUT2D eigenvalue weighted by Gasteiger charge is 2.15. The first kappa shape index (κ1) is 13.9. The van der Waals surface area contributed by atoms with E-state index in [1.165, 1.54) is 12.1 Å². The largest absolute Gasteiger partial charge is 0.352 e. The van der Waals surface area contributed by atoms with Crippen LogP contribution in [-0.2, 0) is 11.3 Å². The Morgan fingerprint density at radius 1 is 1.42 bits per heavy atom. The molecule has 1 aliphatic rings. The molecule has 1 aromatic rings. The molecule has 1 atom stereocenters. The number of nitrogens with one attached hydrogen (secondary N) is 2. The average molecular weight is 268 g/mol. The lowest BCUT2D eigenvalue weighted by molar-refractivity contribution is -0.121. The molecule has 0 spiro atoms. The Morgan fingerprint density at radius 2 is 2.26 bits per heavy atom. The molecule has 2 rings (SSSR count). The molecule has 19 heavy (non-hydrogen) atoms. The molecular formula is C14H18F2N2O. The lowest BCUT2D eigenvalue weighted by atomic mass is 10.0. The third-order valence-corrected chi connectivity index (χ3v) is 3.43. The van der Waals surface area contributed by atoms with Crippen molar-refractivity contribution in [2.24, 2.45) is 5.92 Å². The van der Waals surface area contributed by atoms with Crippen molar-refractivity contribution in [3.8, 4) is 0 Å². The summed E-state index contributed by atoms with van der Waals surface area (Å²) in [5, 5.41) is 5.91. The monoisotopic (exact) mass is 268 g/mol. The minimum absolute atomic E-state index is 0.0874. The van der Waals surface area contributed by atoms with Gasteiger partial charge < -0.3 is 10.6 Å². The third-order valence-electron chi connectivity index (χ3n) is 3.43. The van der Waals surface area contributed by atoms with Crippen molar-refractivity contribution < 1.29 is 13.6 Å². The molecule has 1 aliphatic heterocycles. The van der Waals surface area contributed by atoms with E-state index in [0.29, 0.717) is 17.9 Å². The zero-order valence-electron chi connectivity index (χ0n) is 10.7. The smallest absolute Gasteiger partial charge is 0.220 e. The van der Waals surface area contributed by atoms with E-state index in [2.05, 4.69) is 10.6 Å². The lowest BCUT2D eigenvalue weighted by Crippen LogP contribution is -2.24. The van der Waals surface area contributed by atoms with Gasteiger partial charge in [0.25, 0.3) is 0 Å². The maximum absolute atomic E-state index is 13.3. The van der Waals surface area contributed by atoms with E-state index in [1.54, 1.807) is 0 Å². The quantitative estimate of drug-likeness (QED) is 0.857. The summed E-state index contributed by atoms with van der Waals surface area (Å²) in [4.78, 5) is 11.6. The van der Waals surface area contributed by atoms with Crippen molar-refractivity contribution >= 4 is 5.91 Å². The number of amides is 1. The molecule has 1 amide bonds. The number of rotatable bonds is 5. The molecule has 0 aromatic heterocycles. The maximum Gasteiger partial charge on any atom is 0.220 e. The van der Waals surface area contributed by atoms with Gasteiger partial charge in [0.1, 0.15) is 11.6 Å². The Labute approximate surface area is 111 Å². The molecule has 1 saturated heterocycles. The van der Waals surface area contributed by atoms with E-state index in [-0.39, 0.29) is 12.5 Å². The number of hydrogen-bond donors (Lipinski definition) is 2. The predicted molar refractivity (Wildman–Crippen MR) is 68.4 cm³/mol. The van der Waals surface area contributed by atoms with Crippen molar-refractivity contribution in [2.45, 2.75) is 25.8 Å². The molecule has 1 unspecified atom stereocenters. The zero-order valence-corrected chi connectivity index (χ0v) is 10.7. The second-order valence-corrected chi connectivity index (χ2v) is 4.91. The van der Waals surface area contributed by atoms with Gasteiger partial charge in [0.05, 0.1) is 0 Å². The van der Waals surface area contributed by atoms with Crippen molar-refractivity contribution in [2.75, 3.05) is 13.1 Å². The molecule has 1 heterocycles. The molecule has 0 saturated carbocycles. The molecule has 0 aliphatic carbocycles. The summed E-state index contributed by atoms with van der Waals surface area (Å²) in [7, 11) is 0. The summed E-state index contributed by atoms with van der Waals surface area (Å²) in [6.07, 6.45) is 2.42. The van der Waals surface area contributed by atoms with Gasteiger partial charge in [-0.2, -0.15) is 0 Å². The highest BCUT2D eigenvalue weighted by atomic mass is 19.1. The van der Waals surface area contributed by atoms with Crippen LogP contribution in [0, 0.1) is 17.6 Å². The van der Waals surface area contributed by atoms with Crippen LogP contribution in [0.3, 0.4) is 0 Å². The van der Waals surface area contributed by atoms with Gasteiger partial charge in [-0.25, -0.2) is 8.78 Å². The van der Waals surface area contributed by atoms with Crippen LogP contribution in [0.5, 0.6) is 0 Å². The summed E-state index contributed by atoms with van der Waals surface area (Å²) in [6, 6.07) is 3.37. The van der Waals surface area contributed by atoms with Crippen molar-refractivity contribution in [1.29, 1.82) is 0 Å². The van der Waals surface area contributed by atoms with Crippen LogP contribution >= 0.6 is 0 Å². The Kier molecular flexibility index (Phi) is 4.85. The van der Waals surface area contributed by atoms with E-state index >= 15 is 0 Å². The fourth-order valence-electron chi connectivity index (χ4n) is 2.24. The summed E-state index contributed by atoms with van der Waals surface area (Å²) >= 11 is 0. The molecule has 0 radical (unpaired) electrons. The molecular weight excluding hydrogens is 250 g/mol. The second-order valence-electron chi connectivity index (χ2n) is 4.91. The van der Waals surface area contributed by atoms with E-state index in [0.717, 1.165) is 32.0 Å². The third kappa shape index (κ3) is 4.28. The molecule has 5 heteroatoms. The summed E-state index contributed by atoms with van der Waals surface area (Å²) < 4.78 is 26.0. The van der Waals surface area contributed by atoms with Crippen LogP contribution in [0.15, 0.2) is 18.2 Å². The number of hydrogen-bond acceptors (Lipinski definition) is 2. The van der Waals surface area contributed by atoms with Crippen LogP contribution in [-0.4, -0.2) is 19.0 Å². The van der Waals surface area contributed by atoms with Gasteiger partial charge in [-0.05, 0) is 37.9 Å². The van der Waals surface area contributed by atoms with Crippen molar-refractivity contribution in [1.82, 2.24) is 10.6 Å². The molecule has 104 valence electrons. The molecule has 3 nitrogen and oxygen atoms in total. The Balaban J connectivity index is 1.73. The number of carbonyl (C=O) groups excluding carboxylic acids is 1. The minimum atomic E-state index is -0.625. The average Bonchev–Trinajstić information content (AvgIpc) is 2.88. The second kappa shape index (κ2) is 6.61. The van der Waals surface area contributed by atoms with Crippen molar-refractivity contribution in [3.05, 3.63) is 35.4 Å². The molecule has 1 fully saturated rings. The van der Waals surface area contributed by atoms with E-state index in [9.17, 15) is 13.6 Å². The van der Waals surface area contributed by atoms with Gasteiger partial charge >= 0.3 is 0 Å². The van der Waals surface area contributed by atoms with E-state index < -0.39 is 11.6 Å². The zero-order chi connectivity index (χ0) is 13.7. The minimum Gasteiger partial charge on any atom is -0.352 e. The number of carbonyl (C=O) groups is 1. The highest BCUT2D eigenvalue weighted by Crippen LogP contribution is 2.14. The molecule has 2 N–H and O–H groups in total. The normalized spacial score (nSPS) is 18.5. The fraction of sp³-hybridized carbons (Fsp3) is 0.500. The Morgan fingerprint density at radius 3 is 2.95 bits per heavy atom. The van der Waals surface area contributed by atoms with Crippen LogP contribution in [0.2, 0.25) is 0 Å². The standard InChI is InChI=1S/C14H18F2N2O/c15-12-3-2-11(13(16)7-12)9-18-14(19)4-1-10-5-6-17-8-10/h2-3,7,10,17H,1,4-6,8-9H2,(H,18,19). The Bertz CT molecular complexity index is 445.